The molecule has 2 nitrogen and oxygen atoms in total. The predicted molar refractivity (Wildman–Crippen MR) is 45.7 cm³/mol. The smallest absolute Gasteiger partial charge is 0.174 e. The van der Waals surface area contributed by atoms with Crippen LogP contribution >= 0.6 is 11.6 Å². The Morgan fingerprint density at radius 2 is 2.25 bits per heavy atom. The molecule has 0 aromatic heterocycles. The van der Waals surface area contributed by atoms with E-state index in [1.165, 1.54) is 0 Å². The van der Waals surface area contributed by atoms with Crippen LogP contribution < -0.4 is 4.74 Å². The molecule has 0 fully saturated rings. The van der Waals surface area contributed by atoms with Crippen molar-refractivity contribution < 1.29 is 9.53 Å². The number of hydrogen-bond acceptors (Lipinski definition) is 2. The molecule has 0 spiro atoms. The lowest BCUT2D eigenvalue weighted by molar-refractivity contribution is -0.121. The molecule has 62 valence electrons. The Balaban J connectivity index is 2.48. The zero-order chi connectivity index (χ0) is 8.55. The van der Waals surface area contributed by atoms with E-state index in [9.17, 15) is 4.79 Å². The highest BCUT2D eigenvalue weighted by Crippen LogP contribution is 2.31. The van der Waals surface area contributed by atoms with E-state index < -0.39 is 0 Å². The Bertz CT molecular complexity index is 333. The highest BCUT2D eigenvalue weighted by molar-refractivity contribution is 6.32. The topological polar surface area (TPSA) is 26.3 Å². The van der Waals surface area contributed by atoms with E-state index in [0.29, 0.717) is 17.2 Å². The molecule has 0 bridgehead atoms. The average Bonchev–Trinajstić information content (AvgIpc) is 2.04. The third kappa shape index (κ3) is 1.18. The number of para-hydroxylation sites is 1. The first-order chi connectivity index (χ1) is 5.77. The number of Topliss-reactive ketones (excluding diaryl/α,β-unsaturated/α-hetero) is 1. The van der Waals surface area contributed by atoms with Gasteiger partial charge in [-0.25, -0.2) is 0 Å². The molecule has 1 aliphatic heterocycles. The molecular formula is C9H7ClO2. The normalized spacial score (nSPS) is 15.2. The molecular weight excluding hydrogens is 176 g/mol. The van der Waals surface area contributed by atoms with Crippen molar-refractivity contribution in [3.63, 3.8) is 0 Å². The van der Waals surface area contributed by atoms with Crippen LogP contribution in [0.25, 0.3) is 0 Å². The van der Waals surface area contributed by atoms with Gasteiger partial charge >= 0.3 is 0 Å². The van der Waals surface area contributed by atoms with Crippen LogP contribution in [0, 0.1) is 0 Å². The lowest BCUT2D eigenvalue weighted by atomic mass is 10.1. The van der Waals surface area contributed by atoms with E-state index in [-0.39, 0.29) is 12.4 Å². The van der Waals surface area contributed by atoms with Crippen molar-refractivity contribution in [2.75, 3.05) is 6.61 Å². The summed E-state index contributed by atoms with van der Waals surface area (Å²) in [5.41, 5.74) is 0.888. The van der Waals surface area contributed by atoms with Gasteiger partial charge in [0.2, 0.25) is 0 Å². The fraction of sp³-hybridized carbons (Fsp3) is 0.222. The van der Waals surface area contributed by atoms with E-state index in [1.54, 1.807) is 6.07 Å². The van der Waals surface area contributed by atoms with E-state index in [0.717, 1.165) is 5.56 Å². The summed E-state index contributed by atoms with van der Waals surface area (Å²) in [7, 11) is 0. The number of hydrogen-bond donors (Lipinski definition) is 0. The predicted octanol–water partition coefficient (Wildman–Crippen LogP) is 1.84. The maximum absolute atomic E-state index is 11.0. The van der Waals surface area contributed by atoms with Crippen LogP contribution in [0.4, 0.5) is 0 Å². The first kappa shape index (κ1) is 7.62. The van der Waals surface area contributed by atoms with Gasteiger partial charge in [-0.2, -0.15) is 0 Å². The van der Waals surface area contributed by atoms with Crippen LogP contribution in [-0.2, 0) is 11.2 Å². The van der Waals surface area contributed by atoms with Gasteiger partial charge in [-0.05, 0) is 6.07 Å². The summed E-state index contributed by atoms with van der Waals surface area (Å²) in [4.78, 5) is 11.0. The van der Waals surface area contributed by atoms with Crippen molar-refractivity contribution in [2.45, 2.75) is 6.42 Å². The molecule has 0 amide bonds. The maximum atomic E-state index is 11.0. The molecule has 0 saturated heterocycles. The Labute approximate surface area is 75.1 Å². The summed E-state index contributed by atoms with van der Waals surface area (Å²) in [6, 6.07) is 5.44. The Morgan fingerprint density at radius 3 is 3.08 bits per heavy atom. The molecule has 0 N–H and O–H groups in total. The molecule has 1 heterocycles. The first-order valence-electron chi connectivity index (χ1n) is 3.69. The first-order valence-corrected chi connectivity index (χ1v) is 4.07. The molecule has 0 atom stereocenters. The SMILES string of the molecule is O=C1COc2c(Cl)cccc2C1. The van der Waals surface area contributed by atoms with Gasteiger partial charge in [0.05, 0.1) is 5.02 Å². The number of benzene rings is 1. The second-order valence-electron chi connectivity index (χ2n) is 2.73. The number of rotatable bonds is 0. The van der Waals surface area contributed by atoms with Crippen LogP contribution in [0.2, 0.25) is 5.02 Å². The van der Waals surface area contributed by atoms with Gasteiger partial charge in [-0.1, -0.05) is 23.7 Å². The molecule has 3 heteroatoms. The van der Waals surface area contributed by atoms with Gasteiger partial charge in [-0.3, -0.25) is 4.79 Å². The summed E-state index contributed by atoms with van der Waals surface area (Å²) in [5.74, 6) is 0.767. The third-order valence-electron chi connectivity index (χ3n) is 1.81. The van der Waals surface area contributed by atoms with Crippen LogP contribution in [0.15, 0.2) is 18.2 Å². The van der Waals surface area contributed by atoms with Crippen molar-refractivity contribution in [1.82, 2.24) is 0 Å². The second-order valence-corrected chi connectivity index (χ2v) is 3.14. The average molecular weight is 183 g/mol. The maximum Gasteiger partial charge on any atom is 0.174 e. The van der Waals surface area contributed by atoms with Gasteiger partial charge in [-0.15, -0.1) is 0 Å². The fourth-order valence-electron chi connectivity index (χ4n) is 1.27. The molecule has 1 aromatic rings. The minimum absolute atomic E-state index is 0.102. The Hall–Kier alpha value is -1.02. The van der Waals surface area contributed by atoms with Crippen LogP contribution in [0.3, 0.4) is 0 Å². The summed E-state index contributed by atoms with van der Waals surface area (Å²) < 4.78 is 5.18. The van der Waals surface area contributed by atoms with Crippen LogP contribution in [0.5, 0.6) is 5.75 Å². The molecule has 0 saturated carbocycles. The van der Waals surface area contributed by atoms with Gasteiger partial charge < -0.3 is 4.74 Å². The molecule has 12 heavy (non-hydrogen) atoms. The second kappa shape index (κ2) is 2.79. The van der Waals surface area contributed by atoms with Crippen LogP contribution in [0.1, 0.15) is 5.56 Å². The lowest BCUT2D eigenvalue weighted by Gasteiger charge is -2.16. The van der Waals surface area contributed by atoms with E-state index in [2.05, 4.69) is 0 Å². The highest BCUT2D eigenvalue weighted by Gasteiger charge is 2.18. The minimum Gasteiger partial charge on any atom is -0.484 e. The minimum atomic E-state index is 0.102. The van der Waals surface area contributed by atoms with Crippen molar-refractivity contribution in [1.29, 1.82) is 0 Å². The number of carbonyl (C=O) groups excluding carboxylic acids is 1. The zero-order valence-electron chi connectivity index (χ0n) is 6.34. The van der Waals surface area contributed by atoms with Crippen molar-refractivity contribution in [3.8, 4) is 5.75 Å². The van der Waals surface area contributed by atoms with Gasteiger partial charge in [0, 0.05) is 12.0 Å². The molecule has 0 unspecified atom stereocenters. The summed E-state index contributed by atoms with van der Waals surface area (Å²) in [6.45, 7) is 0.150. The van der Waals surface area contributed by atoms with Crippen LogP contribution in [-0.4, -0.2) is 12.4 Å². The van der Waals surface area contributed by atoms with Crippen molar-refractivity contribution in [3.05, 3.63) is 28.8 Å². The summed E-state index contributed by atoms with van der Waals surface area (Å²) >= 11 is 5.85. The third-order valence-corrected chi connectivity index (χ3v) is 2.11. The number of ketones is 1. The molecule has 0 radical (unpaired) electrons. The molecule has 1 aromatic carbocycles. The van der Waals surface area contributed by atoms with Crippen molar-refractivity contribution in [2.24, 2.45) is 0 Å². The number of fused-ring (bicyclic) bond motifs is 1. The number of carbonyl (C=O) groups is 1. The Kier molecular flexibility index (Phi) is 1.77. The zero-order valence-corrected chi connectivity index (χ0v) is 7.10. The standard InChI is InChI=1S/C9H7ClO2/c10-8-3-1-2-6-4-7(11)5-12-9(6)8/h1-3H,4-5H2. The van der Waals surface area contributed by atoms with E-state index >= 15 is 0 Å². The Morgan fingerprint density at radius 1 is 1.42 bits per heavy atom. The highest BCUT2D eigenvalue weighted by atomic mass is 35.5. The van der Waals surface area contributed by atoms with Gasteiger partial charge in [0.15, 0.2) is 5.78 Å². The summed E-state index contributed by atoms with van der Waals surface area (Å²) in [5, 5.41) is 0.583. The number of ether oxygens (including phenoxy) is 1. The fourth-order valence-corrected chi connectivity index (χ4v) is 1.52. The molecule has 2 rings (SSSR count). The van der Waals surface area contributed by atoms with Gasteiger partial charge in [0.25, 0.3) is 0 Å². The largest absolute Gasteiger partial charge is 0.484 e. The van der Waals surface area contributed by atoms with E-state index in [1.807, 2.05) is 12.1 Å². The lowest BCUT2D eigenvalue weighted by Crippen LogP contribution is -2.20. The van der Waals surface area contributed by atoms with Gasteiger partial charge in [0.1, 0.15) is 12.4 Å². The quantitative estimate of drug-likeness (QED) is 0.612. The number of halogens is 1. The molecule has 0 aliphatic carbocycles. The van der Waals surface area contributed by atoms with Crippen molar-refractivity contribution >= 4 is 17.4 Å². The monoisotopic (exact) mass is 182 g/mol. The molecule has 1 aliphatic rings. The summed E-state index contributed by atoms with van der Waals surface area (Å²) in [6.07, 6.45) is 0.440. The van der Waals surface area contributed by atoms with E-state index in [4.69, 9.17) is 16.3 Å².